The smallest absolute Gasteiger partial charge is 0.135 e. The highest BCUT2D eigenvalue weighted by atomic mass is 15.4. The van der Waals surface area contributed by atoms with Crippen molar-refractivity contribution in [2.45, 2.75) is 13.3 Å². The Morgan fingerprint density at radius 1 is 1.08 bits per heavy atom. The van der Waals surface area contributed by atoms with Crippen LogP contribution < -0.4 is 0 Å². The van der Waals surface area contributed by atoms with E-state index in [1.807, 2.05) is 23.1 Å². The Balaban J connectivity index is 1.69. The zero-order valence-electron chi connectivity index (χ0n) is 14.1. The van der Waals surface area contributed by atoms with Gasteiger partial charge in [-0.15, -0.1) is 5.10 Å². The van der Waals surface area contributed by atoms with Crippen molar-refractivity contribution in [2.75, 3.05) is 0 Å². The van der Waals surface area contributed by atoms with Gasteiger partial charge in [-0.05, 0) is 42.7 Å². The van der Waals surface area contributed by atoms with Gasteiger partial charge in [0.2, 0.25) is 0 Å². The molecule has 0 saturated heterocycles. The van der Waals surface area contributed by atoms with E-state index in [0.29, 0.717) is 6.42 Å². The summed E-state index contributed by atoms with van der Waals surface area (Å²) >= 11 is 0. The number of pyridine rings is 1. The van der Waals surface area contributed by atoms with E-state index in [-0.39, 0.29) is 0 Å². The highest BCUT2D eigenvalue weighted by molar-refractivity contribution is 5.58. The maximum absolute atomic E-state index is 4.55. The molecule has 0 atom stereocenters. The third kappa shape index (κ3) is 2.30. The standard InChI is InChI=1S/C20H14N6/c1-14-4-7-18-20(9-14)26-16(12-23-24-26)10-19-17(22-13-25(18)19)6-5-15-3-2-8-21-11-15/h2-4,7-9,11-13H,10H2,1H3. The zero-order valence-corrected chi connectivity index (χ0v) is 14.1. The number of rotatable bonds is 0. The second-order valence-electron chi connectivity index (χ2n) is 6.21. The molecule has 0 bridgehead atoms. The summed E-state index contributed by atoms with van der Waals surface area (Å²) in [5, 5.41) is 8.37. The molecule has 0 radical (unpaired) electrons. The summed E-state index contributed by atoms with van der Waals surface area (Å²) in [4.78, 5) is 8.65. The van der Waals surface area contributed by atoms with Gasteiger partial charge in [0.25, 0.3) is 0 Å². The molecule has 3 aromatic heterocycles. The molecule has 4 heterocycles. The lowest BCUT2D eigenvalue weighted by atomic mass is 10.2. The fourth-order valence-corrected chi connectivity index (χ4v) is 3.18. The van der Waals surface area contributed by atoms with Crippen LogP contribution in [0.3, 0.4) is 0 Å². The molecule has 6 heteroatoms. The minimum Gasteiger partial charge on any atom is -0.299 e. The molecule has 0 saturated carbocycles. The first kappa shape index (κ1) is 14.6. The Bertz CT molecular complexity index is 1170. The van der Waals surface area contributed by atoms with Crippen molar-refractivity contribution in [3.05, 3.63) is 83.5 Å². The summed E-state index contributed by atoms with van der Waals surface area (Å²) in [7, 11) is 0. The van der Waals surface area contributed by atoms with Gasteiger partial charge in [0.1, 0.15) is 12.0 Å². The van der Waals surface area contributed by atoms with E-state index in [4.69, 9.17) is 0 Å². The normalized spacial score (nSPS) is 11.6. The van der Waals surface area contributed by atoms with Gasteiger partial charge in [0.15, 0.2) is 0 Å². The molecule has 124 valence electrons. The number of hydrogen-bond acceptors (Lipinski definition) is 4. The molecule has 1 aromatic carbocycles. The van der Waals surface area contributed by atoms with E-state index in [1.165, 1.54) is 5.56 Å². The first-order chi connectivity index (χ1) is 12.8. The van der Waals surface area contributed by atoms with Crippen molar-refractivity contribution < 1.29 is 0 Å². The van der Waals surface area contributed by atoms with Crippen LogP contribution in [0, 0.1) is 18.8 Å². The van der Waals surface area contributed by atoms with E-state index in [9.17, 15) is 0 Å². The predicted octanol–water partition coefficient (Wildman–Crippen LogP) is 2.46. The van der Waals surface area contributed by atoms with Crippen molar-refractivity contribution >= 4 is 0 Å². The van der Waals surface area contributed by atoms with Gasteiger partial charge >= 0.3 is 0 Å². The van der Waals surface area contributed by atoms with Gasteiger partial charge in [-0.3, -0.25) is 9.55 Å². The molecule has 1 aliphatic rings. The minimum atomic E-state index is 0.664. The first-order valence-electron chi connectivity index (χ1n) is 8.29. The molecule has 5 rings (SSSR count). The summed E-state index contributed by atoms with van der Waals surface area (Å²) in [5.41, 5.74) is 6.87. The molecular formula is C20H14N6. The molecule has 0 fully saturated rings. The van der Waals surface area contributed by atoms with Crippen LogP contribution in [0.5, 0.6) is 0 Å². The molecule has 0 unspecified atom stereocenters. The van der Waals surface area contributed by atoms with Gasteiger partial charge in [0, 0.05) is 24.4 Å². The molecule has 1 aliphatic heterocycles. The summed E-state index contributed by atoms with van der Waals surface area (Å²) in [5.74, 6) is 6.33. The lowest BCUT2D eigenvalue weighted by molar-refractivity contribution is 0.777. The third-order valence-electron chi connectivity index (χ3n) is 4.44. The number of imidazole rings is 1. The van der Waals surface area contributed by atoms with Gasteiger partial charge < -0.3 is 0 Å². The van der Waals surface area contributed by atoms with Crippen LogP contribution in [0.15, 0.2) is 55.2 Å². The lowest BCUT2D eigenvalue weighted by Crippen LogP contribution is -2.03. The van der Waals surface area contributed by atoms with E-state index < -0.39 is 0 Å². The van der Waals surface area contributed by atoms with Crippen molar-refractivity contribution in [3.8, 4) is 23.2 Å². The van der Waals surface area contributed by atoms with Crippen LogP contribution >= 0.6 is 0 Å². The van der Waals surface area contributed by atoms with Crippen LogP contribution in [0.2, 0.25) is 0 Å². The molecule has 0 N–H and O–H groups in total. The van der Waals surface area contributed by atoms with E-state index >= 15 is 0 Å². The zero-order chi connectivity index (χ0) is 17.5. The number of aryl methyl sites for hydroxylation is 1. The van der Waals surface area contributed by atoms with Gasteiger partial charge in [-0.25, -0.2) is 9.67 Å². The number of hydrogen-bond donors (Lipinski definition) is 0. The van der Waals surface area contributed by atoms with Gasteiger partial charge in [0.05, 0.1) is 29.0 Å². The van der Waals surface area contributed by atoms with Crippen LogP contribution in [0.4, 0.5) is 0 Å². The van der Waals surface area contributed by atoms with Crippen LogP contribution in [0.25, 0.3) is 11.4 Å². The largest absolute Gasteiger partial charge is 0.299 e. The third-order valence-corrected chi connectivity index (χ3v) is 4.44. The minimum absolute atomic E-state index is 0.664. The van der Waals surface area contributed by atoms with Crippen molar-refractivity contribution in [1.82, 2.24) is 29.5 Å². The second-order valence-corrected chi connectivity index (χ2v) is 6.21. The van der Waals surface area contributed by atoms with Crippen molar-refractivity contribution in [1.29, 1.82) is 0 Å². The number of nitrogens with zero attached hydrogens (tertiary/aromatic N) is 6. The molecule has 26 heavy (non-hydrogen) atoms. The van der Waals surface area contributed by atoms with E-state index in [2.05, 4.69) is 61.8 Å². The van der Waals surface area contributed by atoms with Crippen LogP contribution in [0.1, 0.15) is 28.2 Å². The van der Waals surface area contributed by atoms with Gasteiger partial charge in [-0.2, -0.15) is 0 Å². The Kier molecular flexibility index (Phi) is 3.19. The predicted molar refractivity (Wildman–Crippen MR) is 96.2 cm³/mol. The van der Waals surface area contributed by atoms with Gasteiger partial charge in [-0.1, -0.05) is 17.2 Å². The molecule has 0 amide bonds. The Morgan fingerprint density at radius 2 is 2.04 bits per heavy atom. The number of benzene rings is 1. The maximum atomic E-state index is 4.55. The Hall–Kier alpha value is -3.72. The molecular weight excluding hydrogens is 324 g/mol. The number of aromatic nitrogens is 6. The fraction of sp³-hybridized carbons (Fsp3) is 0.100. The summed E-state index contributed by atoms with van der Waals surface area (Å²) in [6.07, 6.45) is 7.78. The average Bonchev–Trinajstić information content (AvgIpc) is 3.26. The van der Waals surface area contributed by atoms with Crippen LogP contribution in [-0.4, -0.2) is 29.5 Å². The molecule has 0 spiro atoms. The summed E-state index contributed by atoms with van der Waals surface area (Å²) < 4.78 is 3.99. The van der Waals surface area contributed by atoms with E-state index in [0.717, 1.165) is 34.0 Å². The average molecular weight is 338 g/mol. The monoisotopic (exact) mass is 338 g/mol. The summed E-state index contributed by atoms with van der Waals surface area (Å²) in [6, 6.07) is 10.1. The Morgan fingerprint density at radius 3 is 2.92 bits per heavy atom. The molecule has 4 aromatic rings. The molecule has 6 nitrogen and oxygen atoms in total. The van der Waals surface area contributed by atoms with Crippen molar-refractivity contribution in [3.63, 3.8) is 0 Å². The maximum Gasteiger partial charge on any atom is 0.135 e. The number of fused-ring (bicyclic) bond motifs is 5. The highest BCUT2D eigenvalue weighted by Crippen LogP contribution is 2.28. The van der Waals surface area contributed by atoms with E-state index in [1.54, 1.807) is 18.6 Å². The SMILES string of the molecule is Cc1ccc2c(c1)-n1nncc1Cc1c(C#Cc3cccnc3)ncn1-2. The quantitative estimate of drug-likeness (QED) is 0.407. The topological polar surface area (TPSA) is 61.4 Å². The Labute approximate surface area is 150 Å². The highest BCUT2D eigenvalue weighted by Gasteiger charge is 2.22. The lowest BCUT2D eigenvalue weighted by Gasteiger charge is -2.10. The van der Waals surface area contributed by atoms with Crippen molar-refractivity contribution in [2.24, 2.45) is 0 Å². The summed E-state index contributed by atoms with van der Waals surface area (Å²) in [6.45, 7) is 2.07. The first-order valence-corrected chi connectivity index (χ1v) is 8.29. The molecule has 0 aliphatic carbocycles. The second kappa shape index (κ2) is 5.67. The fourth-order valence-electron chi connectivity index (χ4n) is 3.18. The van der Waals surface area contributed by atoms with Crippen LogP contribution in [-0.2, 0) is 6.42 Å².